The number of carboxylic acid groups (broad SMARTS) is 1. The highest BCUT2D eigenvalue weighted by atomic mass is 16.4. The average Bonchev–Trinajstić information content (AvgIpc) is 3.22. The Morgan fingerprint density at radius 3 is 2.82 bits per heavy atom. The molecule has 1 aromatic carbocycles. The Bertz CT molecular complexity index is 715. The van der Waals surface area contributed by atoms with Gasteiger partial charge in [-0.25, -0.2) is 4.79 Å². The number of aliphatic carboxylic acids is 1. The number of carbonyl (C=O) groups is 2. The Morgan fingerprint density at radius 2 is 2.18 bits per heavy atom. The van der Waals surface area contributed by atoms with Crippen LogP contribution in [0.1, 0.15) is 42.1 Å². The molecule has 2 aromatic rings. The van der Waals surface area contributed by atoms with Crippen LogP contribution in [-0.2, 0) is 11.2 Å². The molecule has 1 saturated carbocycles. The van der Waals surface area contributed by atoms with Gasteiger partial charge in [0, 0.05) is 5.39 Å². The summed E-state index contributed by atoms with van der Waals surface area (Å²) in [6.07, 6.45) is 4.86. The van der Waals surface area contributed by atoms with E-state index in [0.717, 1.165) is 30.2 Å². The van der Waals surface area contributed by atoms with Gasteiger partial charge in [0.15, 0.2) is 0 Å². The summed E-state index contributed by atoms with van der Waals surface area (Å²) in [5, 5.41) is 12.6. The number of carboxylic acids is 1. The minimum absolute atomic E-state index is 0.389. The number of benzene rings is 1. The van der Waals surface area contributed by atoms with Crippen LogP contribution in [0.5, 0.6) is 0 Å². The van der Waals surface area contributed by atoms with E-state index in [1.807, 2.05) is 25.1 Å². The van der Waals surface area contributed by atoms with Crippen molar-refractivity contribution in [2.75, 3.05) is 0 Å². The molecule has 1 atom stereocenters. The zero-order chi connectivity index (χ0) is 15.7. The van der Waals surface area contributed by atoms with E-state index in [1.165, 1.54) is 6.26 Å². The fourth-order valence-electron chi connectivity index (χ4n) is 2.62. The van der Waals surface area contributed by atoms with Crippen molar-refractivity contribution in [1.29, 1.82) is 0 Å². The Labute approximate surface area is 128 Å². The Hall–Kier alpha value is -2.30. The monoisotopic (exact) mass is 301 g/mol. The molecule has 0 saturated heterocycles. The topological polar surface area (TPSA) is 79.5 Å². The molecule has 1 heterocycles. The van der Waals surface area contributed by atoms with Gasteiger partial charge >= 0.3 is 5.97 Å². The van der Waals surface area contributed by atoms with Crippen LogP contribution in [0.4, 0.5) is 0 Å². The number of furan rings is 1. The summed E-state index contributed by atoms with van der Waals surface area (Å²) in [6.45, 7) is 2.04. The lowest BCUT2D eigenvalue weighted by atomic mass is 10.1. The molecular weight excluding hydrogens is 282 g/mol. The van der Waals surface area contributed by atoms with Crippen LogP contribution >= 0.6 is 0 Å². The van der Waals surface area contributed by atoms with E-state index < -0.39 is 12.0 Å². The lowest BCUT2D eigenvalue weighted by molar-refractivity contribution is -0.139. The van der Waals surface area contributed by atoms with Gasteiger partial charge in [-0.2, -0.15) is 0 Å². The highest BCUT2D eigenvalue weighted by Gasteiger charge is 2.30. The van der Waals surface area contributed by atoms with Crippen LogP contribution in [-0.4, -0.2) is 23.0 Å². The fraction of sp³-hybridized carbons (Fsp3) is 0.412. The molecule has 1 aliphatic carbocycles. The van der Waals surface area contributed by atoms with Crippen molar-refractivity contribution in [2.24, 2.45) is 5.92 Å². The number of carbonyl (C=O) groups excluding carboxylic acids is 1. The smallest absolute Gasteiger partial charge is 0.326 e. The summed E-state index contributed by atoms with van der Waals surface area (Å²) in [7, 11) is 0. The molecule has 2 N–H and O–H groups in total. The maximum atomic E-state index is 12.4. The van der Waals surface area contributed by atoms with Crippen molar-refractivity contribution in [3.63, 3.8) is 0 Å². The number of hydrogen-bond acceptors (Lipinski definition) is 3. The molecule has 0 aliphatic heterocycles. The number of aryl methyl sites for hydroxylation is 1. The van der Waals surface area contributed by atoms with Crippen LogP contribution < -0.4 is 5.32 Å². The summed E-state index contributed by atoms with van der Waals surface area (Å²) in [4.78, 5) is 23.7. The van der Waals surface area contributed by atoms with Gasteiger partial charge in [-0.15, -0.1) is 0 Å². The first-order chi connectivity index (χ1) is 10.6. The molecule has 1 fully saturated rings. The second-order valence-electron chi connectivity index (χ2n) is 5.88. The Kier molecular flexibility index (Phi) is 3.88. The third-order valence-electron chi connectivity index (χ3n) is 4.16. The van der Waals surface area contributed by atoms with E-state index in [0.29, 0.717) is 23.5 Å². The lowest BCUT2D eigenvalue weighted by Gasteiger charge is -2.13. The molecule has 5 nitrogen and oxygen atoms in total. The Morgan fingerprint density at radius 1 is 1.41 bits per heavy atom. The van der Waals surface area contributed by atoms with Crippen molar-refractivity contribution >= 4 is 22.8 Å². The van der Waals surface area contributed by atoms with E-state index in [4.69, 9.17) is 4.42 Å². The van der Waals surface area contributed by atoms with Crippen LogP contribution in [0.3, 0.4) is 0 Å². The highest BCUT2D eigenvalue weighted by molar-refractivity contribution is 6.07. The van der Waals surface area contributed by atoms with E-state index in [9.17, 15) is 14.7 Å². The maximum Gasteiger partial charge on any atom is 0.326 e. The van der Waals surface area contributed by atoms with Crippen LogP contribution in [0.2, 0.25) is 0 Å². The molecule has 1 amide bonds. The van der Waals surface area contributed by atoms with Gasteiger partial charge in [-0.1, -0.05) is 25.8 Å². The second-order valence-corrected chi connectivity index (χ2v) is 5.88. The molecule has 5 heteroatoms. The molecule has 0 spiro atoms. The van der Waals surface area contributed by atoms with Gasteiger partial charge in [0.2, 0.25) is 0 Å². The number of fused-ring (bicyclic) bond motifs is 1. The van der Waals surface area contributed by atoms with Gasteiger partial charge in [0.05, 0.1) is 5.56 Å². The van der Waals surface area contributed by atoms with Gasteiger partial charge in [-0.05, 0) is 36.5 Å². The summed E-state index contributed by atoms with van der Waals surface area (Å²) in [5.74, 6) is -0.948. The SMILES string of the molecule is CCc1ccc2occ(C(=O)NC(CC3CC3)C(=O)O)c2c1. The number of amides is 1. The molecule has 116 valence electrons. The third-order valence-corrected chi connectivity index (χ3v) is 4.16. The van der Waals surface area contributed by atoms with Gasteiger partial charge in [-0.3, -0.25) is 4.79 Å². The number of rotatable bonds is 6. The zero-order valence-corrected chi connectivity index (χ0v) is 12.5. The van der Waals surface area contributed by atoms with E-state index in [2.05, 4.69) is 5.32 Å². The first kappa shape index (κ1) is 14.6. The minimum atomic E-state index is -0.984. The quantitative estimate of drug-likeness (QED) is 0.859. The molecule has 0 radical (unpaired) electrons. The summed E-state index contributed by atoms with van der Waals surface area (Å²) < 4.78 is 5.40. The summed E-state index contributed by atoms with van der Waals surface area (Å²) >= 11 is 0. The summed E-state index contributed by atoms with van der Waals surface area (Å²) in [5.41, 5.74) is 2.14. The van der Waals surface area contributed by atoms with Crippen molar-refractivity contribution < 1.29 is 19.1 Å². The molecule has 22 heavy (non-hydrogen) atoms. The van der Waals surface area contributed by atoms with Gasteiger partial charge < -0.3 is 14.8 Å². The fourth-order valence-corrected chi connectivity index (χ4v) is 2.62. The standard InChI is InChI=1S/C17H19NO4/c1-2-10-5-6-15-12(7-10)13(9-22-15)16(19)18-14(17(20)21)8-11-3-4-11/h5-7,9,11,14H,2-4,8H2,1H3,(H,18,19)(H,20,21). The zero-order valence-electron chi connectivity index (χ0n) is 12.5. The predicted molar refractivity (Wildman–Crippen MR) is 81.8 cm³/mol. The lowest BCUT2D eigenvalue weighted by Crippen LogP contribution is -2.41. The number of nitrogens with one attached hydrogen (secondary N) is 1. The summed E-state index contributed by atoms with van der Waals surface area (Å²) in [6, 6.07) is 4.88. The van der Waals surface area contributed by atoms with Crippen molar-refractivity contribution in [1.82, 2.24) is 5.32 Å². The largest absolute Gasteiger partial charge is 0.480 e. The van der Waals surface area contributed by atoms with Crippen molar-refractivity contribution in [2.45, 2.75) is 38.6 Å². The predicted octanol–water partition coefficient (Wildman–Crippen LogP) is 2.98. The van der Waals surface area contributed by atoms with E-state index in [1.54, 1.807) is 0 Å². The van der Waals surface area contributed by atoms with Crippen molar-refractivity contribution in [3.05, 3.63) is 35.6 Å². The molecule has 3 rings (SSSR count). The van der Waals surface area contributed by atoms with E-state index >= 15 is 0 Å². The maximum absolute atomic E-state index is 12.4. The van der Waals surface area contributed by atoms with Crippen LogP contribution in [0.15, 0.2) is 28.9 Å². The van der Waals surface area contributed by atoms with Crippen LogP contribution in [0, 0.1) is 5.92 Å². The molecular formula is C17H19NO4. The molecule has 1 aliphatic rings. The van der Waals surface area contributed by atoms with E-state index in [-0.39, 0.29) is 5.91 Å². The molecule has 1 unspecified atom stereocenters. The molecule has 0 bridgehead atoms. The van der Waals surface area contributed by atoms with Crippen LogP contribution in [0.25, 0.3) is 11.0 Å². The third kappa shape index (κ3) is 2.98. The average molecular weight is 301 g/mol. The Balaban J connectivity index is 1.82. The number of hydrogen-bond donors (Lipinski definition) is 2. The first-order valence-electron chi connectivity index (χ1n) is 7.62. The highest BCUT2D eigenvalue weighted by Crippen LogP contribution is 2.33. The second kappa shape index (κ2) is 5.83. The van der Waals surface area contributed by atoms with Gasteiger partial charge in [0.25, 0.3) is 5.91 Å². The minimum Gasteiger partial charge on any atom is -0.480 e. The normalized spacial score (nSPS) is 15.7. The van der Waals surface area contributed by atoms with Crippen molar-refractivity contribution in [3.8, 4) is 0 Å². The first-order valence-corrected chi connectivity index (χ1v) is 7.62. The van der Waals surface area contributed by atoms with Gasteiger partial charge in [0.1, 0.15) is 17.9 Å². The molecule has 1 aromatic heterocycles.